The van der Waals surface area contributed by atoms with Crippen molar-refractivity contribution in [1.29, 1.82) is 0 Å². The second-order valence-corrected chi connectivity index (χ2v) is 7.36. The number of amides is 1. The van der Waals surface area contributed by atoms with Crippen LogP contribution >= 0.6 is 22.9 Å². The number of halogens is 1. The van der Waals surface area contributed by atoms with Crippen LogP contribution in [0.2, 0.25) is 5.02 Å². The molecule has 6 nitrogen and oxygen atoms in total. The largest absolute Gasteiger partial charge is 0.497 e. The van der Waals surface area contributed by atoms with Gasteiger partial charge in [-0.3, -0.25) is 4.79 Å². The third-order valence-electron chi connectivity index (χ3n) is 4.12. The van der Waals surface area contributed by atoms with Crippen molar-refractivity contribution in [2.45, 2.75) is 6.92 Å². The number of hydrogen-bond acceptors (Lipinski definition) is 6. The molecule has 0 radical (unpaired) electrons. The van der Waals surface area contributed by atoms with E-state index in [1.807, 2.05) is 12.1 Å². The molecular weight excluding hydrogens is 426 g/mol. The Hall–Kier alpha value is -3.03. The fraction of sp³-hybridized carbons (Fsp3) is 0.182. The minimum Gasteiger partial charge on any atom is -0.497 e. The van der Waals surface area contributed by atoms with Crippen LogP contribution in [0.3, 0.4) is 0 Å². The van der Waals surface area contributed by atoms with Gasteiger partial charge in [-0.2, -0.15) is 0 Å². The Morgan fingerprint density at radius 2 is 1.83 bits per heavy atom. The van der Waals surface area contributed by atoms with Crippen LogP contribution in [-0.4, -0.2) is 32.2 Å². The van der Waals surface area contributed by atoms with Crippen molar-refractivity contribution in [3.8, 4) is 22.6 Å². The first-order valence-electron chi connectivity index (χ1n) is 9.13. The quantitative estimate of drug-likeness (QED) is 0.478. The number of carbonyl (C=O) groups excluding carboxylic acids is 2. The van der Waals surface area contributed by atoms with E-state index < -0.39 is 11.9 Å². The van der Waals surface area contributed by atoms with E-state index in [0.29, 0.717) is 32.6 Å². The number of ether oxygens (including phenoxy) is 3. The Balaban J connectivity index is 1.81. The molecule has 0 spiro atoms. The number of carbonyl (C=O) groups is 2. The monoisotopic (exact) mass is 445 g/mol. The van der Waals surface area contributed by atoms with E-state index in [0.717, 1.165) is 5.56 Å². The van der Waals surface area contributed by atoms with E-state index in [9.17, 15) is 9.59 Å². The van der Waals surface area contributed by atoms with Crippen LogP contribution in [0, 0.1) is 0 Å². The lowest BCUT2D eigenvalue weighted by atomic mass is 10.0. The molecule has 156 valence electrons. The summed E-state index contributed by atoms with van der Waals surface area (Å²) >= 11 is 7.28. The number of methoxy groups -OCH3 is 1. The number of hydrogen-bond donors (Lipinski definition) is 1. The van der Waals surface area contributed by atoms with Crippen molar-refractivity contribution in [2.24, 2.45) is 0 Å². The summed E-state index contributed by atoms with van der Waals surface area (Å²) in [5.41, 5.74) is 1.78. The van der Waals surface area contributed by atoms with E-state index in [1.54, 1.807) is 55.8 Å². The maximum atomic E-state index is 12.6. The fourth-order valence-corrected chi connectivity index (χ4v) is 3.87. The summed E-state index contributed by atoms with van der Waals surface area (Å²) in [7, 11) is 1.59. The maximum absolute atomic E-state index is 12.6. The molecule has 0 aliphatic carbocycles. The molecule has 8 heteroatoms. The molecule has 1 amide bonds. The van der Waals surface area contributed by atoms with Crippen molar-refractivity contribution in [3.63, 3.8) is 0 Å². The highest BCUT2D eigenvalue weighted by Crippen LogP contribution is 2.37. The van der Waals surface area contributed by atoms with Gasteiger partial charge in [0.15, 0.2) is 6.61 Å². The maximum Gasteiger partial charge on any atom is 0.341 e. The lowest BCUT2D eigenvalue weighted by Gasteiger charge is -2.10. The normalized spacial score (nSPS) is 10.4. The van der Waals surface area contributed by atoms with Crippen molar-refractivity contribution in [2.75, 3.05) is 25.6 Å². The van der Waals surface area contributed by atoms with Gasteiger partial charge < -0.3 is 19.5 Å². The van der Waals surface area contributed by atoms with Crippen molar-refractivity contribution >= 4 is 39.8 Å². The Morgan fingerprint density at radius 3 is 2.50 bits per heavy atom. The number of nitrogens with one attached hydrogen (secondary N) is 1. The lowest BCUT2D eigenvalue weighted by Crippen LogP contribution is -2.21. The molecule has 3 rings (SSSR count). The highest BCUT2D eigenvalue weighted by Gasteiger charge is 2.23. The number of esters is 1. The summed E-state index contributed by atoms with van der Waals surface area (Å²) in [5, 5.41) is 5.35. The van der Waals surface area contributed by atoms with Gasteiger partial charge in [0.25, 0.3) is 5.91 Å². The average Bonchev–Trinajstić information content (AvgIpc) is 3.17. The second kappa shape index (κ2) is 10.1. The molecule has 0 aliphatic heterocycles. The third-order valence-corrected chi connectivity index (χ3v) is 5.33. The number of anilines is 1. The third kappa shape index (κ3) is 5.11. The van der Waals surface area contributed by atoms with Crippen LogP contribution in [0.1, 0.15) is 17.3 Å². The van der Waals surface area contributed by atoms with Crippen LogP contribution in [0.4, 0.5) is 5.00 Å². The predicted molar refractivity (Wildman–Crippen MR) is 118 cm³/mol. The topological polar surface area (TPSA) is 73.9 Å². The molecule has 0 aliphatic rings. The minimum absolute atomic E-state index is 0.222. The number of benzene rings is 2. The number of rotatable bonds is 8. The Labute approximate surface area is 183 Å². The second-order valence-electron chi connectivity index (χ2n) is 6.07. The SMILES string of the molecule is CCOC(=O)c1c(-c2ccc(OC)cc2)csc1NC(=O)COc1ccccc1Cl. The summed E-state index contributed by atoms with van der Waals surface area (Å²) < 4.78 is 15.9. The standard InChI is InChI=1S/C22H20ClNO5S/c1-3-28-22(26)20-16(14-8-10-15(27-2)11-9-14)13-30-21(20)24-19(25)12-29-18-7-5-4-6-17(18)23/h4-11,13H,3,12H2,1-2H3,(H,24,25). The summed E-state index contributed by atoms with van der Waals surface area (Å²) in [5.74, 6) is 0.192. The molecular formula is C22H20ClNO5S. The molecule has 0 atom stereocenters. The molecule has 0 fully saturated rings. The zero-order chi connectivity index (χ0) is 21.5. The predicted octanol–water partition coefficient (Wildman–Crippen LogP) is 5.27. The average molecular weight is 446 g/mol. The zero-order valence-corrected chi connectivity index (χ0v) is 18.0. The lowest BCUT2D eigenvalue weighted by molar-refractivity contribution is -0.118. The smallest absolute Gasteiger partial charge is 0.341 e. The first kappa shape index (κ1) is 21.7. The van der Waals surface area contributed by atoms with Gasteiger partial charge in [-0.15, -0.1) is 11.3 Å². The summed E-state index contributed by atoms with van der Waals surface area (Å²) in [6.45, 7) is 1.70. The fourth-order valence-electron chi connectivity index (χ4n) is 2.71. The van der Waals surface area contributed by atoms with E-state index in [-0.39, 0.29) is 13.2 Å². The molecule has 30 heavy (non-hydrogen) atoms. The van der Waals surface area contributed by atoms with Crippen molar-refractivity contribution < 1.29 is 23.8 Å². The first-order valence-corrected chi connectivity index (χ1v) is 10.4. The highest BCUT2D eigenvalue weighted by atomic mass is 35.5. The van der Waals surface area contributed by atoms with Crippen LogP contribution in [0.25, 0.3) is 11.1 Å². The molecule has 0 saturated carbocycles. The van der Waals surface area contributed by atoms with Gasteiger partial charge in [0, 0.05) is 10.9 Å². The van der Waals surface area contributed by atoms with E-state index >= 15 is 0 Å². The van der Waals surface area contributed by atoms with E-state index in [4.69, 9.17) is 25.8 Å². The van der Waals surface area contributed by atoms with E-state index in [2.05, 4.69) is 5.32 Å². The van der Waals surface area contributed by atoms with Gasteiger partial charge >= 0.3 is 5.97 Å². The van der Waals surface area contributed by atoms with Gasteiger partial charge in [-0.25, -0.2) is 4.79 Å². The number of thiophene rings is 1. The molecule has 1 N–H and O–H groups in total. The molecule has 2 aromatic carbocycles. The molecule has 0 unspecified atom stereocenters. The minimum atomic E-state index is -0.508. The zero-order valence-electron chi connectivity index (χ0n) is 16.4. The van der Waals surface area contributed by atoms with Gasteiger partial charge in [0.05, 0.1) is 18.7 Å². The summed E-state index contributed by atoms with van der Waals surface area (Å²) in [6.07, 6.45) is 0. The van der Waals surface area contributed by atoms with Crippen LogP contribution < -0.4 is 14.8 Å². The van der Waals surface area contributed by atoms with Crippen LogP contribution in [-0.2, 0) is 9.53 Å². The summed E-state index contributed by atoms with van der Waals surface area (Å²) in [6, 6.07) is 14.2. The van der Waals surface area contributed by atoms with Crippen molar-refractivity contribution in [1.82, 2.24) is 0 Å². The van der Waals surface area contributed by atoms with Gasteiger partial charge in [-0.05, 0) is 36.8 Å². The summed E-state index contributed by atoms with van der Waals surface area (Å²) in [4.78, 5) is 25.0. The molecule has 0 saturated heterocycles. The van der Waals surface area contributed by atoms with Gasteiger partial charge in [-0.1, -0.05) is 35.9 Å². The molecule has 0 bridgehead atoms. The van der Waals surface area contributed by atoms with E-state index in [1.165, 1.54) is 11.3 Å². The molecule has 1 aromatic heterocycles. The van der Waals surface area contributed by atoms with Gasteiger partial charge in [0.1, 0.15) is 22.1 Å². The number of para-hydroxylation sites is 1. The van der Waals surface area contributed by atoms with Crippen LogP contribution in [0.5, 0.6) is 11.5 Å². The van der Waals surface area contributed by atoms with Crippen molar-refractivity contribution in [3.05, 3.63) is 64.5 Å². The molecule has 1 heterocycles. The highest BCUT2D eigenvalue weighted by molar-refractivity contribution is 7.15. The Bertz CT molecular complexity index is 1030. The first-order chi connectivity index (χ1) is 14.5. The Morgan fingerprint density at radius 1 is 1.10 bits per heavy atom. The van der Waals surface area contributed by atoms with Gasteiger partial charge in [0.2, 0.25) is 0 Å². The van der Waals surface area contributed by atoms with Crippen LogP contribution in [0.15, 0.2) is 53.9 Å². The Kier molecular flexibility index (Phi) is 7.32. The molecule has 3 aromatic rings.